The summed E-state index contributed by atoms with van der Waals surface area (Å²) in [5, 5.41) is 9.54. The van der Waals surface area contributed by atoms with Crippen molar-refractivity contribution in [2.24, 2.45) is 0 Å². The maximum atomic E-state index is 9.54. The standard InChI is InChI=1S/C10H12BrIO/c1-10(2,3)6-4-7(11)9(13)8(12)5-6/h4-5,13H,1-3H3. The van der Waals surface area contributed by atoms with E-state index in [4.69, 9.17) is 0 Å². The van der Waals surface area contributed by atoms with Gasteiger partial charge in [0.15, 0.2) is 0 Å². The predicted octanol–water partition coefficient (Wildman–Crippen LogP) is 4.06. The molecule has 0 spiro atoms. The van der Waals surface area contributed by atoms with Gasteiger partial charge in [-0.05, 0) is 61.6 Å². The second-order valence-corrected chi connectivity index (χ2v) is 6.06. The zero-order valence-corrected chi connectivity index (χ0v) is 11.6. The van der Waals surface area contributed by atoms with Crippen LogP contribution in [0.5, 0.6) is 5.75 Å². The first-order valence-corrected chi connectivity index (χ1v) is 5.88. The zero-order chi connectivity index (χ0) is 10.2. The van der Waals surface area contributed by atoms with Crippen molar-refractivity contribution in [3.8, 4) is 5.75 Å². The van der Waals surface area contributed by atoms with E-state index in [-0.39, 0.29) is 5.41 Å². The molecule has 0 heterocycles. The zero-order valence-electron chi connectivity index (χ0n) is 7.86. The predicted molar refractivity (Wildman–Crippen MR) is 67.2 cm³/mol. The molecule has 1 rings (SSSR count). The molecule has 0 atom stereocenters. The first-order chi connectivity index (χ1) is 5.82. The fourth-order valence-electron chi connectivity index (χ4n) is 0.999. The molecule has 0 aliphatic heterocycles. The molecule has 0 aliphatic rings. The molecule has 1 aromatic carbocycles. The minimum atomic E-state index is 0.121. The van der Waals surface area contributed by atoms with E-state index in [0.717, 1.165) is 8.04 Å². The number of halogens is 2. The van der Waals surface area contributed by atoms with E-state index in [1.807, 2.05) is 12.1 Å². The largest absolute Gasteiger partial charge is 0.506 e. The molecular formula is C10H12BrIO. The first kappa shape index (κ1) is 11.3. The van der Waals surface area contributed by atoms with E-state index in [0.29, 0.717) is 5.75 Å². The van der Waals surface area contributed by atoms with E-state index in [1.165, 1.54) is 5.56 Å². The molecule has 0 aromatic heterocycles. The lowest BCUT2D eigenvalue weighted by atomic mass is 9.87. The summed E-state index contributed by atoms with van der Waals surface area (Å²) < 4.78 is 1.65. The van der Waals surface area contributed by atoms with Crippen molar-refractivity contribution < 1.29 is 5.11 Å². The summed E-state index contributed by atoms with van der Waals surface area (Å²) in [7, 11) is 0. The van der Waals surface area contributed by atoms with Crippen molar-refractivity contribution in [1.29, 1.82) is 0 Å². The van der Waals surface area contributed by atoms with Crippen LogP contribution in [0.15, 0.2) is 16.6 Å². The Labute approximate surface area is 101 Å². The number of phenols is 1. The maximum Gasteiger partial charge on any atom is 0.143 e. The average molecular weight is 355 g/mol. The maximum absolute atomic E-state index is 9.54. The number of benzene rings is 1. The Morgan fingerprint density at radius 3 is 2.23 bits per heavy atom. The van der Waals surface area contributed by atoms with Crippen LogP contribution in [0.25, 0.3) is 0 Å². The molecule has 3 heteroatoms. The smallest absolute Gasteiger partial charge is 0.143 e. The molecule has 0 saturated heterocycles. The minimum absolute atomic E-state index is 0.121. The third-order valence-corrected chi connectivity index (χ3v) is 3.31. The van der Waals surface area contributed by atoms with Crippen molar-refractivity contribution in [2.75, 3.05) is 0 Å². The number of phenolic OH excluding ortho intramolecular Hbond substituents is 1. The van der Waals surface area contributed by atoms with Crippen LogP contribution >= 0.6 is 38.5 Å². The van der Waals surface area contributed by atoms with Gasteiger partial charge in [-0.1, -0.05) is 20.8 Å². The average Bonchev–Trinajstić information content (AvgIpc) is 1.97. The molecule has 1 N–H and O–H groups in total. The van der Waals surface area contributed by atoms with Crippen LogP contribution in [0.3, 0.4) is 0 Å². The number of aromatic hydroxyl groups is 1. The molecule has 1 aromatic rings. The van der Waals surface area contributed by atoms with Gasteiger partial charge in [-0.25, -0.2) is 0 Å². The van der Waals surface area contributed by atoms with E-state index < -0.39 is 0 Å². The lowest BCUT2D eigenvalue weighted by Gasteiger charge is -2.20. The highest BCUT2D eigenvalue weighted by atomic mass is 127. The highest BCUT2D eigenvalue weighted by Gasteiger charge is 2.16. The highest BCUT2D eigenvalue weighted by Crippen LogP contribution is 2.34. The quantitative estimate of drug-likeness (QED) is 0.696. The van der Waals surface area contributed by atoms with Crippen LogP contribution in [0, 0.1) is 3.57 Å². The Hall–Kier alpha value is 0.230. The summed E-state index contributed by atoms with van der Waals surface area (Å²) >= 11 is 5.47. The fourth-order valence-corrected chi connectivity index (χ4v) is 2.46. The van der Waals surface area contributed by atoms with Gasteiger partial charge in [-0.15, -0.1) is 0 Å². The van der Waals surface area contributed by atoms with Crippen LogP contribution in [0.1, 0.15) is 26.3 Å². The SMILES string of the molecule is CC(C)(C)c1cc(Br)c(O)c(I)c1. The van der Waals surface area contributed by atoms with E-state index in [2.05, 4.69) is 59.3 Å². The van der Waals surface area contributed by atoms with E-state index >= 15 is 0 Å². The van der Waals surface area contributed by atoms with Gasteiger partial charge in [0.2, 0.25) is 0 Å². The molecule has 72 valence electrons. The van der Waals surface area contributed by atoms with Crippen LogP contribution in [0.2, 0.25) is 0 Å². The molecule has 0 unspecified atom stereocenters. The Morgan fingerprint density at radius 1 is 1.31 bits per heavy atom. The Balaban J connectivity index is 3.29. The summed E-state index contributed by atoms with van der Waals surface area (Å²) in [5.41, 5.74) is 1.34. The number of rotatable bonds is 0. The second-order valence-electron chi connectivity index (χ2n) is 4.04. The van der Waals surface area contributed by atoms with Crippen molar-refractivity contribution in [3.63, 3.8) is 0 Å². The molecule has 0 amide bonds. The summed E-state index contributed by atoms with van der Waals surface area (Å²) in [6.07, 6.45) is 0. The van der Waals surface area contributed by atoms with Gasteiger partial charge in [0.25, 0.3) is 0 Å². The van der Waals surface area contributed by atoms with Crippen LogP contribution in [0.4, 0.5) is 0 Å². The van der Waals surface area contributed by atoms with Crippen molar-refractivity contribution in [2.45, 2.75) is 26.2 Å². The fraction of sp³-hybridized carbons (Fsp3) is 0.400. The minimum Gasteiger partial charge on any atom is -0.506 e. The third kappa shape index (κ3) is 2.59. The second kappa shape index (κ2) is 3.77. The summed E-state index contributed by atoms with van der Waals surface area (Å²) in [4.78, 5) is 0. The molecular weight excluding hydrogens is 343 g/mol. The normalized spacial score (nSPS) is 11.8. The van der Waals surface area contributed by atoms with E-state index in [9.17, 15) is 5.11 Å². The van der Waals surface area contributed by atoms with Gasteiger partial charge >= 0.3 is 0 Å². The lowest BCUT2D eigenvalue weighted by molar-refractivity contribution is 0.466. The van der Waals surface area contributed by atoms with E-state index in [1.54, 1.807) is 0 Å². The highest BCUT2D eigenvalue weighted by molar-refractivity contribution is 14.1. The molecule has 13 heavy (non-hydrogen) atoms. The van der Waals surface area contributed by atoms with Crippen LogP contribution < -0.4 is 0 Å². The van der Waals surface area contributed by atoms with Gasteiger partial charge in [-0.3, -0.25) is 0 Å². The summed E-state index contributed by atoms with van der Waals surface area (Å²) in [6, 6.07) is 3.98. The topological polar surface area (TPSA) is 20.2 Å². The molecule has 0 saturated carbocycles. The van der Waals surface area contributed by atoms with Gasteiger partial charge in [0.05, 0.1) is 8.04 Å². The van der Waals surface area contributed by atoms with Crippen molar-refractivity contribution >= 4 is 38.5 Å². The molecule has 0 fully saturated rings. The summed E-state index contributed by atoms with van der Waals surface area (Å²) in [5.74, 6) is 0.327. The van der Waals surface area contributed by atoms with Gasteiger partial charge in [0, 0.05) is 0 Å². The third-order valence-electron chi connectivity index (χ3n) is 1.88. The van der Waals surface area contributed by atoms with Crippen LogP contribution in [-0.2, 0) is 5.41 Å². The van der Waals surface area contributed by atoms with Gasteiger partial charge in [0.1, 0.15) is 5.75 Å². The lowest BCUT2D eigenvalue weighted by Crippen LogP contribution is -2.11. The number of hydrogen-bond acceptors (Lipinski definition) is 1. The molecule has 0 aliphatic carbocycles. The van der Waals surface area contributed by atoms with Crippen molar-refractivity contribution in [3.05, 3.63) is 25.7 Å². The van der Waals surface area contributed by atoms with Crippen molar-refractivity contribution in [1.82, 2.24) is 0 Å². The number of hydrogen-bond donors (Lipinski definition) is 1. The molecule has 0 bridgehead atoms. The Bertz CT molecular complexity index is 305. The summed E-state index contributed by atoms with van der Waals surface area (Å²) in [6.45, 7) is 6.46. The monoisotopic (exact) mass is 354 g/mol. The van der Waals surface area contributed by atoms with Gasteiger partial charge in [-0.2, -0.15) is 0 Å². The van der Waals surface area contributed by atoms with Crippen LogP contribution in [-0.4, -0.2) is 5.11 Å². The Kier molecular flexibility index (Phi) is 3.28. The first-order valence-electron chi connectivity index (χ1n) is 4.01. The molecule has 1 nitrogen and oxygen atoms in total. The Morgan fingerprint density at radius 2 is 1.85 bits per heavy atom. The molecule has 0 radical (unpaired) electrons. The van der Waals surface area contributed by atoms with Gasteiger partial charge < -0.3 is 5.11 Å².